The van der Waals surface area contributed by atoms with Crippen molar-refractivity contribution in [1.29, 1.82) is 0 Å². The van der Waals surface area contributed by atoms with Gasteiger partial charge < -0.3 is 4.42 Å². The summed E-state index contributed by atoms with van der Waals surface area (Å²) in [6, 6.07) is 7.93. The lowest BCUT2D eigenvalue weighted by molar-refractivity contribution is 0.469. The molecule has 0 aliphatic heterocycles. The summed E-state index contributed by atoms with van der Waals surface area (Å²) in [7, 11) is 0. The van der Waals surface area contributed by atoms with Crippen molar-refractivity contribution in [3.63, 3.8) is 0 Å². The second-order valence-corrected chi connectivity index (χ2v) is 5.98. The molecule has 0 saturated heterocycles. The van der Waals surface area contributed by atoms with Gasteiger partial charge in [0.1, 0.15) is 5.82 Å². The van der Waals surface area contributed by atoms with Gasteiger partial charge in [-0.25, -0.2) is 9.97 Å². The lowest BCUT2D eigenvalue weighted by atomic mass is 10.2. The number of thioether (sulfide) groups is 1. The first-order chi connectivity index (χ1) is 11.2. The molecule has 116 valence electrons. The summed E-state index contributed by atoms with van der Waals surface area (Å²) in [4.78, 5) is 9.21. The number of hydrogen-bond donors (Lipinski definition) is 0. The molecule has 0 atom stereocenters. The van der Waals surface area contributed by atoms with E-state index in [4.69, 9.17) is 9.40 Å². The van der Waals surface area contributed by atoms with Crippen molar-refractivity contribution in [1.82, 2.24) is 29.8 Å². The van der Waals surface area contributed by atoms with Crippen molar-refractivity contribution in [3.8, 4) is 0 Å². The number of aromatic nitrogens is 6. The Kier molecular flexibility index (Phi) is 3.45. The van der Waals surface area contributed by atoms with Gasteiger partial charge in [0.05, 0.1) is 11.3 Å². The van der Waals surface area contributed by atoms with Gasteiger partial charge in [-0.2, -0.15) is 4.52 Å². The molecule has 0 radical (unpaired) electrons. The van der Waals surface area contributed by atoms with Crippen LogP contribution >= 0.6 is 11.8 Å². The van der Waals surface area contributed by atoms with E-state index in [1.54, 1.807) is 4.52 Å². The molecule has 0 fully saturated rings. The predicted molar refractivity (Wildman–Crippen MR) is 86.3 cm³/mol. The Labute approximate surface area is 136 Å². The van der Waals surface area contributed by atoms with Crippen LogP contribution in [0.25, 0.3) is 16.6 Å². The average molecular weight is 326 g/mol. The lowest BCUT2D eigenvalue weighted by Gasteiger charge is -2.04. The standard InChI is InChI=1S/C15H14N6OS/c1-3-12-18-19-13(22-12)8-23-15-17-11-7-5-4-6-10(11)14-16-9(2)20-21(14)15/h4-7H,3,8H2,1-2H3. The van der Waals surface area contributed by atoms with Gasteiger partial charge in [0, 0.05) is 11.8 Å². The fourth-order valence-electron chi connectivity index (χ4n) is 2.34. The number of nitrogens with zero attached hydrogens (tertiary/aromatic N) is 6. The Morgan fingerprint density at radius 3 is 2.78 bits per heavy atom. The van der Waals surface area contributed by atoms with Crippen molar-refractivity contribution in [3.05, 3.63) is 41.9 Å². The van der Waals surface area contributed by atoms with Gasteiger partial charge in [-0.3, -0.25) is 0 Å². The minimum atomic E-state index is 0.548. The first-order valence-electron chi connectivity index (χ1n) is 7.31. The van der Waals surface area contributed by atoms with Gasteiger partial charge in [-0.05, 0) is 19.1 Å². The predicted octanol–water partition coefficient (Wildman–Crippen LogP) is 2.82. The van der Waals surface area contributed by atoms with Crippen LogP contribution in [0.2, 0.25) is 0 Å². The Morgan fingerprint density at radius 1 is 1.13 bits per heavy atom. The molecule has 0 spiro atoms. The second kappa shape index (κ2) is 5.62. The molecule has 3 heterocycles. The van der Waals surface area contributed by atoms with E-state index >= 15 is 0 Å². The topological polar surface area (TPSA) is 82.0 Å². The van der Waals surface area contributed by atoms with Crippen LogP contribution in [0.3, 0.4) is 0 Å². The van der Waals surface area contributed by atoms with Gasteiger partial charge in [0.15, 0.2) is 10.8 Å². The highest BCUT2D eigenvalue weighted by molar-refractivity contribution is 7.98. The maximum atomic E-state index is 5.54. The van der Waals surface area contributed by atoms with E-state index < -0.39 is 0 Å². The highest BCUT2D eigenvalue weighted by Crippen LogP contribution is 2.25. The molecule has 4 rings (SSSR count). The maximum absolute atomic E-state index is 5.54. The van der Waals surface area contributed by atoms with Crippen molar-refractivity contribution < 1.29 is 4.42 Å². The van der Waals surface area contributed by atoms with Crippen LogP contribution in [0, 0.1) is 6.92 Å². The summed E-state index contributed by atoms with van der Waals surface area (Å²) in [5.41, 5.74) is 1.71. The van der Waals surface area contributed by atoms with Crippen LogP contribution in [-0.2, 0) is 12.2 Å². The number of para-hydroxylation sites is 1. The van der Waals surface area contributed by atoms with Crippen LogP contribution in [0.1, 0.15) is 24.5 Å². The van der Waals surface area contributed by atoms with E-state index in [0.29, 0.717) is 17.5 Å². The summed E-state index contributed by atoms with van der Waals surface area (Å²) in [6.07, 6.45) is 0.735. The molecule has 23 heavy (non-hydrogen) atoms. The molecule has 4 aromatic rings. The number of aryl methyl sites for hydroxylation is 2. The molecule has 0 amide bonds. The molecule has 7 nitrogen and oxygen atoms in total. The van der Waals surface area contributed by atoms with E-state index in [1.165, 1.54) is 11.8 Å². The summed E-state index contributed by atoms with van der Waals surface area (Å²) in [6.45, 7) is 3.86. The summed E-state index contributed by atoms with van der Waals surface area (Å²) < 4.78 is 7.32. The molecule has 3 aromatic heterocycles. The number of rotatable bonds is 4. The number of hydrogen-bond acceptors (Lipinski definition) is 7. The highest BCUT2D eigenvalue weighted by atomic mass is 32.2. The third-order valence-corrected chi connectivity index (χ3v) is 4.30. The quantitative estimate of drug-likeness (QED) is 0.421. The van der Waals surface area contributed by atoms with Crippen molar-refractivity contribution >= 4 is 28.3 Å². The minimum Gasteiger partial charge on any atom is -0.424 e. The van der Waals surface area contributed by atoms with Crippen molar-refractivity contribution in [2.24, 2.45) is 0 Å². The highest BCUT2D eigenvalue weighted by Gasteiger charge is 2.13. The molecule has 0 aliphatic carbocycles. The number of fused-ring (bicyclic) bond motifs is 3. The molecule has 0 bridgehead atoms. The second-order valence-electron chi connectivity index (χ2n) is 5.04. The fourth-order valence-corrected chi connectivity index (χ4v) is 3.12. The van der Waals surface area contributed by atoms with E-state index in [9.17, 15) is 0 Å². The molecule has 8 heteroatoms. The van der Waals surface area contributed by atoms with Gasteiger partial charge in [0.25, 0.3) is 0 Å². The van der Waals surface area contributed by atoms with Crippen LogP contribution in [0.4, 0.5) is 0 Å². The van der Waals surface area contributed by atoms with E-state index in [-0.39, 0.29) is 0 Å². The van der Waals surface area contributed by atoms with E-state index in [0.717, 1.165) is 34.0 Å². The van der Waals surface area contributed by atoms with Crippen LogP contribution in [0.15, 0.2) is 33.8 Å². The molecule has 0 aliphatic rings. The van der Waals surface area contributed by atoms with Gasteiger partial charge in [0.2, 0.25) is 11.8 Å². The fraction of sp³-hybridized carbons (Fsp3) is 0.267. The number of benzene rings is 1. The third-order valence-electron chi connectivity index (χ3n) is 3.39. The summed E-state index contributed by atoms with van der Waals surface area (Å²) in [5.74, 6) is 2.50. The Balaban J connectivity index is 1.75. The van der Waals surface area contributed by atoms with Crippen LogP contribution < -0.4 is 0 Å². The van der Waals surface area contributed by atoms with Crippen LogP contribution in [-0.4, -0.2) is 29.8 Å². The maximum Gasteiger partial charge on any atom is 0.226 e. The first kappa shape index (κ1) is 14.1. The Bertz CT molecular complexity index is 992. The molecule has 0 saturated carbocycles. The van der Waals surface area contributed by atoms with Gasteiger partial charge in [-0.1, -0.05) is 30.8 Å². The average Bonchev–Trinajstić information content (AvgIpc) is 3.18. The summed E-state index contributed by atoms with van der Waals surface area (Å²) in [5, 5.41) is 14.2. The van der Waals surface area contributed by atoms with Crippen LogP contribution in [0.5, 0.6) is 0 Å². The molecule has 0 unspecified atom stereocenters. The molecular formula is C15H14N6OS. The largest absolute Gasteiger partial charge is 0.424 e. The Hall–Kier alpha value is -2.48. The van der Waals surface area contributed by atoms with E-state index in [1.807, 2.05) is 38.1 Å². The zero-order valence-corrected chi connectivity index (χ0v) is 13.5. The minimum absolute atomic E-state index is 0.548. The molecule has 0 N–H and O–H groups in total. The van der Waals surface area contributed by atoms with Gasteiger partial charge >= 0.3 is 0 Å². The summed E-state index contributed by atoms with van der Waals surface area (Å²) >= 11 is 1.51. The van der Waals surface area contributed by atoms with Gasteiger partial charge in [-0.15, -0.1) is 15.3 Å². The smallest absolute Gasteiger partial charge is 0.226 e. The zero-order valence-electron chi connectivity index (χ0n) is 12.7. The third kappa shape index (κ3) is 2.55. The normalized spacial score (nSPS) is 11.6. The van der Waals surface area contributed by atoms with E-state index in [2.05, 4.69) is 20.3 Å². The monoisotopic (exact) mass is 326 g/mol. The zero-order chi connectivity index (χ0) is 15.8. The lowest BCUT2D eigenvalue weighted by Crippen LogP contribution is -1.98. The first-order valence-corrected chi connectivity index (χ1v) is 8.29. The SMILES string of the molecule is CCc1nnc(CSc2nc3ccccc3c3nc(C)nn23)o1. The molecular weight excluding hydrogens is 312 g/mol. The Morgan fingerprint density at radius 2 is 1.96 bits per heavy atom. The van der Waals surface area contributed by atoms with Crippen molar-refractivity contribution in [2.45, 2.75) is 31.2 Å². The molecule has 1 aromatic carbocycles. The van der Waals surface area contributed by atoms with Crippen molar-refractivity contribution in [2.75, 3.05) is 0 Å².